The molecule has 110 valence electrons. The van der Waals surface area contributed by atoms with E-state index in [1.807, 2.05) is 30.9 Å². The summed E-state index contributed by atoms with van der Waals surface area (Å²) in [5, 5.41) is 0. The second-order valence-corrected chi connectivity index (χ2v) is 6.40. The summed E-state index contributed by atoms with van der Waals surface area (Å²) >= 11 is 0. The van der Waals surface area contributed by atoms with Crippen molar-refractivity contribution in [2.75, 3.05) is 18.8 Å². The third-order valence-electron chi connectivity index (χ3n) is 4.61. The largest absolute Gasteiger partial charge is 0.398 e. The molecule has 1 amide bonds. The van der Waals surface area contributed by atoms with E-state index in [9.17, 15) is 4.79 Å². The molecular weight excluding hydrogens is 248 g/mol. The number of amides is 1. The van der Waals surface area contributed by atoms with Crippen LogP contribution in [0, 0.1) is 25.7 Å². The molecule has 0 saturated carbocycles. The lowest BCUT2D eigenvalue weighted by atomic mass is 9.86. The molecule has 20 heavy (non-hydrogen) atoms. The highest BCUT2D eigenvalue weighted by molar-refractivity contribution is 5.96. The molecule has 2 rings (SSSR count). The van der Waals surface area contributed by atoms with Gasteiger partial charge in [0.25, 0.3) is 5.91 Å². The Morgan fingerprint density at radius 2 is 1.80 bits per heavy atom. The molecule has 3 nitrogen and oxygen atoms in total. The zero-order chi connectivity index (χ0) is 14.9. The van der Waals surface area contributed by atoms with E-state index < -0.39 is 0 Å². The molecular formula is C17H26N2O. The van der Waals surface area contributed by atoms with Crippen LogP contribution in [0.3, 0.4) is 0 Å². The van der Waals surface area contributed by atoms with Crippen molar-refractivity contribution in [3.05, 3.63) is 28.8 Å². The Bertz CT molecular complexity index is 500. The van der Waals surface area contributed by atoms with Crippen LogP contribution < -0.4 is 5.73 Å². The maximum atomic E-state index is 12.6. The summed E-state index contributed by atoms with van der Waals surface area (Å²) in [7, 11) is 0. The van der Waals surface area contributed by atoms with Gasteiger partial charge >= 0.3 is 0 Å². The number of benzene rings is 1. The molecule has 1 aromatic carbocycles. The summed E-state index contributed by atoms with van der Waals surface area (Å²) in [4.78, 5) is 14.6. The lowest BCUT2D eigenvalue weighted by molar-refractivity contribution is 0.0667. The minimum atomic E-state index is 0.136. The van der Waals surface area contributed by atoms with Crippen molar-refractivity contribution in [1.82, 2.24) is 4.90 Å². The zero-order valence-corrected chi connectivity index (χ0v) is 13.1. The number of rotatable bonds is 2. The quantitative estimate of drug-likeness (QED) is 0.840. The molecule has 1 saturated heterocycles. The first-order valence-electron chi connectivity index (χ1n) is 7.56. The van der Waals surface area contributed by atoms with Crippen molar-refractivity contribution in [3.8, 4) is 0 Å². The van der Waals surface area contributed by atoms with Crippen molar-refractivity contribution in [1.29, 1.82) is 0 Å². The van der Waals surface area contributed by atoms with Gasteiger partial charge in [-0.3, -0.25) is 4.79 Å². The average Bonchev–Trinajstić information content (AvgIpc) is 2.42. The van der Waals surface area contributed by atoms with Crippen molar-refractivity contribution in [2.45, 2.75) is 40.5 Å². The number of carbonyl (C=O) groups is 1. The van der Waals surface area contributed by atoms with E-state index in [-0.39, 0.29) is 5.91 Å². The minimum Gasteiger partial charge on any atom is -0.398 e. The molecule has 0 unspecified atom stereocenters. The molecule has 0 aliphatic carbocycles. The summed E-state index contributed by atoms with van der Waals surface area (Å²) in [5.41, 5.74) is 9.47. The molecule has 1 heterocycles. The molecule has 0 bridgehead atoms. The number of carbonyl (C=O) groups excluding carboxylic acids is 1. The number of nitrogens with two attached hydrogens (primary N) is 1. The summed E-state index contributed by atoms with van der Waals surface area (Å²) in [5.74, 6) is 1.60. The van der Waals surface area contributed by atoms with Crippen LogP contribution in [0.2, 0.25) is 0 Å². The number of anilines is 1. The van der Waals surface area contributed by atoms with Crippen LogP contribution in [0.4, 0.5) is 5.69 Å². The van der Waals surface area contributed by atoms with Gasteiger partial charge in [0.05, 0.1) is 0 Å². The number of nitrogens with zero attached hydrogens (tertiary/aromatic N) is 1. The number of nitrogen functional groups attached to an aromatic ring is 1. The van der Waals surface area contributed by atoms with Crippen LogP contribution in [0.5, 0.6) is 0 Å². The van der Waals surface area contributed by atoms with Gasteiger partial charge in [0.15, 0.2) is 0 Å². The third kappa shape index (κ3) is 2.97. The normalized spacial score (nSPS) is 16.8. The minimum absolute atomic E-state index is 0.136. The topological polar surface area (TPSA) is 46.3 Å². The van der Waals surface area contributed by atoms with E-state index in [0.29, 0.717) is 11.6 Å². The first-order chi connectivity index (χ1) is 9.40. The summed E-state index contributed by atoms with van der Waals surface area (Å²) in [6, 6.07) is 3.84. The van der Waals surface area contributed by atoms with E-state index in [4.69, 9.17) is 5.73 Å². The number of piperidine rings is 1. The predicted molar refractivity (Wildman–Crippen MR) is 83.8 cm³/mol. The maximum Gasteiger partial charge on any atom is 0.254 e. The van der Waals surface area contributed by atoms with Crippen molar-refractivity contribution in [2.24, 2.45) is 11.8 Å². The summed E-state index contributed by atoms with van der Waals surface area (Å²) in [6.45, 7) is 10.2. The Morgan fingerprint density at radius 1 is 1.20 bits per heavy atom. The lowest BCUT2D eigenvalue weighted by Crippen LogP contribution is -2.39. The highest BCUT2D eigenvalue weighted by Crippen LogP contribution is 2.26. The number of aryl methyl sites for hydroxylation is 2. The van der Waals surface area contributed by atoms with E-state index in [0.717, 1.165) is 48.5 Å². The molecule has 1 aliphatic heterocycles. The van der Waals surface area contributed by atoms with Gasteiger partial charge in [-0.25, -0.2) is 0 Å². The Hall–Kier alpha value is -1.51. The molecule has 1 fully saturated rings. The number of likely N-dealkylation sites (tertiary alicyclic amines) is 1. The number of hydrogen-bond acceptors (Lipinski definition) is 2. The fraction of sp³-hybridized carbons (Fsp3) is 0.588. The first-order valence-corrected chi connectivity index (χ1v) is 7.56. The Kier molecular flexibility index (Phi) is 4.36. The standard InChI is InChI=1S/C17H26N2O/c1-11(2)14-5-7-19(8-6-14)17(20)15-10-16(18)13(4)9-12(15)3/h9-11,14H,5-8,18H2,1-4H3. The van der Waals surface area contributed by atoms with Crippen LogP contribution in [0.25, 0.3) is 0 Å². The molecule has 0 atom stereocenters. The second kappa shape index (κ2) is 5.86. The smallest absolute Gasteiger partial charge is 0.254 e. The summed E-state index contributed by atoms with van der Waals surface area (Å²) in [6.07, 6.45) is 2.23. The molecule has 0 radical (unpaired) electrons. The fourth-order valence-electron chi connectivity index (χ4n) is 3.04. The van der Waals surface area contributed by atoms with Crippen LogP contribution in [-0.2, 0) is 0 Å². The number of hydrogen-bond donors (Lipinski definition) is 1. The second-order valence-electron chi connectivity index (χ2n) is 6.40. The van der Waals surface area contributed by atoms with Gasteiger partial charge < -0.3 is 10.6 Å². The van der Waals surface area contributed by atoms with Gasteiger partial charge in [-0.15, -0.1) is 0 Å². The van der Waals surface area contributed by atoms with Gasteiger partial charge in [-0.05, 0) is 55.7 Å². The van der Waals surface area contributed by atoms with Crippen molar-refractivity contribution < 1.29 is 4.79 Å². The third-order valence-corrected chi connectivity index (χ3v) is 4.61. The van der Waals surface area contributed by atoms with Crippen LogP contribution in [0.15, 0.2) is 12.1 Å². The van der Waals surface area contributed by atoms with E-state index in [1.54, 1.807) is 0 Å². The molecule has 2 N–H and O–H groups in total. The van der Waals surface area contributed by atoms with E-state index >= 15 is 0 Å². The SMILES string of the molecule is Cc1cc(C)c(C(=O)N2CCC(C(C)C)CC2)cc1N. The van der Waals surface area contributed by atoms with Crippen LogP contribution in [0.1, 0.15) is 48.2 Å². The average molecular weight is 274 g/mol. The lowest BCUT2D eigenvalue weighted by Gasteiger charge is -2.34. The van der Waals surface area contributed by atoms with E-state index in [1.165, 1.54) is 0 Å². The first kappa shape index (κ1) is 14.9. The maximum absolute atomic E-state index is 12.6. The monoisotopic (exact) mass is 274 g/mol. The van der Waals surface area contributed by atoms with Gasteiger partial charge in [0, 0.05) is 24.3 Å². The van der Waals surface area contributed by atoms with E-state index in [2.05, 4.69) is 13.8 Å². The van der Waals surface area contributed by atoms with Gasteiger partial charge in [-0.1, -0.05) is 19.9 Å². The highest BCUT2D eigenvalue weighted by atomic mass is 16.2. The van der Waals surface area contributed by atoms with Gasteiger partial charge in [0.1, 0.15) is 0 Å². The Balaban J connectivity index is 2.11. The zero-order valence-electron chi connectivity index (χ0n) is 13.1. The summed E-state index contributed by atoms with van der Waals surface area (Å²) < 4.78 is 0. The van der Waals surface area contributed by atoms with Crippen molar-refractivity contribution >= 4 is 11.6 Å². The molecule has 3 heteroatoms. The van der Waals surface area contributed by atoms with Gasteiger partial charge in [-0.2, -0.15) is 0 Å². The fourth-order valence-corrected chi connectivity index (χ4v) is 3.04. The van der Waals surface area contributed by atoms with Crippen LogP contribution in [-0.4, -0.2) is 23.9 Å². The van der Waals surface area contributed by atoms with Gasteiger partial charge in [0.2, 0.25) is 0 Å². The Labute approximate surface area is 122 Å². The predicted octanol–water partition coefficient (Wildman–Crippen LogP) is 3.39. The molecule has 1 aromatic rings. The molecule has 0 aromatic heterocycles. The molecule has 0 spiro atoms. The Morgan fingerprint density at radius 3 is 2.35 bits per heavy atom. The highest BCUT2D eigenvalue weighted by Gasteiger charge is 2.26. The van der Waals surface area contributed by atoms with Crippen molar-refractivity contribution in [3.63, 3.8) is 0 Å². The van der Waals surface area contributed by atoms with Crippen LogP contribution >= 0.6 is 0 Å². The molecule has 1 aliphatic rings.